The van der Waals surface area contributed by atoms with Gasteiger partial charge in [0.15, 0.2) is 0 Å². The Hall–Kier alpha value is -1.21. The van der Waals surface area contributed by atoms with Gasteiger partial charge in [0.2, 0.25) is 0 Å². The zero-order valence-electron chi connectivity index (χ0n) is 13.1. The summed E-state index contributed by atoms with van der Waals surface area (Å²) in [6.07, 6.45) is 4.83. The van der Waals surface area contributed by atoms with Gasteiger partial charge in [0, 0.05) is 6.07 Å². The minimum atomic E-state index is -0.228. The third kappa shape index (κ3) is 5.97. The van der Waals surface area contributed by atoms with E-state index < -0.39 is 0 Å². The van der Waals surface area contributed by atoms with Gasteiger partial charge >= 0.3 is 0 Å². The Morgan fingerprint density at radius 1 is 1.29 bits per heavy atom. The Kier molecular flexibility index (Phi) is 7.04. The number of unbranched alkanes of at least 4 members (excludes halogenated alkanes) is 2. The standard InChI is InChI=1S/C17H24BrNO2/c1-4-13-10-14(18)15(20)11-16(13)21-9-7-5-6-8-17(2,3)12-19/h10-11,20H,4-9H2,1-3H3. The molecule has 0 bridgehead atoms. The van der Waals surface area contributed by atoms with Crippen LogP contribution in [0.4, 0.5) is 0 Å². The molecule has 0 heterocycles. The highest BCUT2D eigenvalue weighted by molar-refractivity contribution is 9.10. The van der Waals surface area contributed by atoms with E-state index in [1.807, 2.05) is 19.9 Å². The third-order valence-corrected chi connectivity index (χ3v) is 4.15. The van der Waals surface area contributed by atoms with E-state index in [4.69, 9.17) is 10.00 Å². The molecule has 0 radical (unpaired) electrons. The van der Waals surface area contributed by atoms with Crippen molar-refractivity contribution in [2.75, 3.05) is 6.61 Å². The zero-order chi connectivity index (χ0) is 15.9. The lowest BCUT2D eigenvalue weighted by molar-refractivity contribution is 0.296. The largest absolute Gasteiger partial charge is 0.507 e. The predicted octanol–water partition coefficient (Wildman–Crippen LogP) is 5.21. The molecule has 0 amide bonds. The number of hydrogen-bond acceptors (Lipinski definition) is 3. The Labute approximate surface area is 136 Å². The van der Waals surface area contributed by atoms with Gasteiger partial charge in [-0.1, -0.05) is 19.8 Å². The van der Waals surface area contributed by atoms with E-state index in [1.165, 1.54) is 0 Å². The maximum absolute atomic E-state index is 9.72. The number of phenolic OH excluding ortho intramolecular Hbond substituents is 1. The molecule has 0 unspecified atom stereocenters. The molecule has 0 fully saturated rings. The van der Waals surface area contributed by atoms with Crippen LogP contribution in [0, 0.1) is 16.7 Å². The zero-order valence-corrected chi connectivity index (χ0v) is 14.7. The predicted molar refractivity (Wildman–Crippen MR) is 88.5 cm³/mol. The molecule has 0 aliphatic heterocycles. The number of aryl methyl sites for hydroxylation is 1. The molecule has 3 nitrogen and oxygen atoms in total. The van der Waals surface area contributed by atoms with Crippen LogP contribution in [0.2, 0.25) is 0 Å². The Bertz CT molecular complexity index is 506. The van der Waals surface area contributed by atoms with E-state index in [9.17, 15) is 5.11 Å². The van der Waals surface area contributed by atoms with Crippen LogP contribution in [0.15, 0.2) is 16.6 Å². The van der Waals surface area contributed by atoms with Crippen LogP contribution in [0.5, 0.6) is 11.5 Å². The van der Waals surface area contributed by atoms with Gasteiger partial charge in [-0.25, -0.2) is 0 Å². The molecular weight excluding hydrogens is 330 g/mol. The van der Waals surface area contributed by atoms with E-state index in [0.717, 1.165) is 43.4 Å². The maximum Gasteiger partial charge on any atom is 0.133 e. The second-order valence-corrected chi connectivity index (χ2v) is 6.77. The van der Waals surface area contributed by atoms with Crippen LogP contribution < -0.4 is 4.74 Å². The van der Waals surface area contributed by atoms with Gasteiger partial charge in [-0.2, -0.15) is 5.26 Å². The molecule has 0 spiro atoms. The topological polar surface area (TPSA) is 53.2 Å². The van der Waals surface area contributed by atoms with Gasteiger partial charge in [-0.15, -0.1) is 0 Å². The summed E-state index contributed by atoms with van der Waals surface area (Å²) in [6.45, 7) is 6.65. The lowest BCUT2D eigenvalue weighted by atomic mass is 9.89. The van der Waals surface area contributed by atoms with Gasteiger partial charge in [0.1, 0.15) is 11.5 Å². The molecule has 4 heteroatoms. The van der Waals surface area contributed by atoms with Crippen LogP contribution in [-0.2, 0) is 6.42 Å². The first kappa shape index (κ1) is 17.8. The smallest absolute Gasteiger partial charge is 0.133 e. The van der Waals surface area contributed by atoms with Crippen molar-refractivity contribution in [1.29, 1.82) is 5.26 Å². The van der Waals surface area contributed by atoms with Crippen LogP contribution in [0.1, 0.15) is 52.0 Å². The SMILES string of the molecule is CCc1cc(Br)c(O)cc1OCCCCCC(C)(C)C#N. The number of nitrogens with zero attached hydrogens (tertiary/aromatic N) is 1. The second kappa shape index (κ2) is 8.29. The summed E-state index contributed by atoms with van der Waals surface area (Å²) in [5, 5.41) is 18.7. The molecule has 0 aliphatic rings. The van der Waals surface area contributed by atoms with Crippen LogP contribution in [-0.4, -0.2) is 11.7 Å². The first-order valence-electron chi connectivity index (χ1n) is 7.45. The molecule has 0 saturated heterocycles. The summed E-state index contributed by atoms with van der Waals surface area (Å²) >= 11 is 3.32. The minimum absolute atomic E-state index is 0.206. The quantitative estimate of drug-likeness (QED) is 0.652. The average Bonchev–Trinajstić information content (AvgIpc) is 2.45. The number of rotatable bonds is 8. The summed E-state index contributed by atoms with van der Waals surface area (Å²) in [5.74, 6) is 0.966. The molecule has 0 aromatic heterocycles. The number of benzene rings is 1. The minimum Gasteiger partial charge on any atom is -0.507 e. The van der Waals surface area contributed by atoms with Crippen molar-refractivity contribution in [2.24, 2.45) is 5.41 Å². The molecule has 0 aliphatic carbocycles. The highest BCUT2D eigenvalue weighted by Gasteiger charge is 2.15. The van der Waals surface area contributed by atoms with Crippen molar-refractivity contribution in [3.05, 3.63) is 22.2 Å². The van der Waals surface area contributed by atoms with Crippen molar-refractivity contribution < 1.29 is 9.84 Å². The average molecular weight is 354 g/mol. The summed E-state index contributed by atoms with van der Waals surface area (Å²) in [4.78, 5) is 0. The molecule has 1 aromatic carbocycles. The lowest BCUT2D eigenvalue weighted by Gasteiger charge is -2.15. The van der Waals surface area contributed by atoms with Crippen LogP contribution >= 0.6 is 15.9 Å². The molecule has 116 valence electrons. The molecule has 1 rings (SSSR count). The van der Waals surface area contributed by atoms with Gasteiger partial charge in [0.05, 0.1) is 22.6 Å². The number of phenols is 1. The van der Waals surface area contributed by atoms with Gasteiger partial charge < -0.3 is 9.84 Å². The van der Waals surface area contributed by atoms with Crippen molar-refractivity contribution in [3.8, 4) is 17.6 Å². The third-order valence-electron chi connectivity index (χ3n) is 3.52. The fourth-order valence-electron chi connectivity index (χ4n) is 2.08. The van der Waals surface area contributed by atoms with E-state index in [0.29, 0.717) is 11.1 Å². The lowest BCUT2D eigenvalue weighted by Crippen LogP contribution is -2.07. The molecule has 0 saturated carbocycles. The van der Waals surface area contributed by atoms with Crippen molar-refractivity contribution >= 4 is 15.9 Å². The van der Waals surface area contributed by atoms with Crippen molar-refractivity contribution in [2.45, 2.75) is 52.9 Å². The van der Waals surface area contributed by atoms with E-state index in [2.05, 4.69) is 28.9 Å². The maximum atomic E-state index is 9.72. The molecule has 1 N–H and O–H groups in total. The summed E-state index contributed by atoms with van der Waals surface area (Å²) in [6, 6.07) is 5.89. The first-order chi connectivity index (χ1) is 9.89. The normalized spacial score (nSPS) is 11.2. The van der Waals surface area contributed by atoms with Crippen molar-refractivity contribution in [3.63, 3.8) is 0 Å². The van der Waals surface area contributed by atoms with Crippen molar-refractivity contribution in [1.82, 2.24) is 0 Å². The highest BCUT2D eigenvalue weighted by atomic mass is 79.9. The van der Waals surface area contributed by atoms with Crippen LogP contribution in [0.25, 0.3) is 0 Å². The monoisotopic (exact) mass is 353 g/mol. The summed E-state index contributed by atoms with van der Waals surface area (Å²) in [7, 11) is 0. The Balaban J connectivity index is 2.37. The fraction of sp³-hybridized carbons (Fsp3) is 0.588. The molecule has 0 atom stereocenters. The second-order valence-electron chi connectivity index (χ2n) is 5.92. The highest BCUT2D eigenvalue weighted by Crippen LogP contribution is 2.32. The van der Waals surface area contributed by atoms with Gasteiger partial charge in [-0.3, -0.25) is 0 Å². The Morgan fingerprint density at radius 3 is 2.62 bits per heavy atom. The number of nitriles is 1. The van der Waals surface area contributed by atoms with E-state index >= 15 is 0 Å². The molecular formula is C17H24BrNO2. The number of aromatic hydroxyl groups is 1. The van der Waals surface area contributed by atoms with E-state index in [1.54, 1.807) is 6.07 Å². The Morgan fingerprint density at radius 2 is 2.00 bits per heavy atom. The first-order valence-corrected chi connectivity index (χ1v) is 8.24. The van der Waals surface area contributed by atoms with Gasteiger partial charge in [0.25, 0.3) is 0 Å². The van der Waals surface area contributed by atoms with Gasteiger partial charge in [-0.05, 0) is 60.7 Å². The number of halogens is 1. The number of ether oxygens (including phenoxy) is 1. The van der Waals surface area contributed by atoms with Crippen LogP contribution in [0.3, 0.4) is 0 Å². The summed E-state index contributed by atoms with van der Waals surface area (Å²) < 4.78 is 6.48. The number of hydrogen-bond donors (Lipinski definition) is 1. The van der Waals surface area contributed by atoms with E-state index in [-0.39, 0.29) is 11.2 Å². The molecule has 21 heavy (non-hydrogen) atoms. The fourth-order valence-corrected chi connectivity index (χ4v) is 2.47. The molecule has 1 aromatic rings. The summed E-state index contributed by atoms with van der Waals surface area (Å²) in [5.41, 5.74) is 0.860.